The summed E-state index contributed by atoms with van der Waals surface area (Å²) < 4.78 is 2.01. The molecule has 0 aliphatic heterocycles. The Morgan fingerprint density at radius 1 is 1.38 bits per heavy atom. The molecule has 0 atom stereocenters. The molecule has 0 radical (unpaired) electrons. The number of hydrogen-bond acceptors (Lipinski definition) is 3. The van der Waals surface area contributed by atoms with Gasteiger partial charge in [-0.15, -0.1) is 11.3 Å². The number of amides is 1. The number of rotatable bonds is 5. The van der Waals surface area contributed by atoms with E-state index in [-0.39, 0.29) is 22.9 Å². The van der Waals surface area contributed by atoms with Crippen molar-refractivity contribution in [2.75, 3.05) is 5.32 Å². The van der Waals surface area contributed by atoms with Crippen LogP contribution in [0.2, 0.25) is 0 Å². The van der Waals surface area contributed by atoms with Crippen LogP contribution in [0.15, 0.2) is 29.9 Å². The highest BCUT2D eigenvalue weighted by atomic mass is 79.9. The minimum Gasteiger partial charge on any atom is -1.00 e. The van der Waals surface area contributed by atoms with Crippen molar-refractivity contribution in [2.24, 2.45) is 0 Å². The number of aryl methyl sites for hydroxylation is 2. The lowest BCUT2D eigenvalue weighted by atomic mass is 10.2. The van der Waals surface area contributed by atoms with Gasteiger partial charge in [-0.2, -0.15) is 0 Å². The number of anilines is 1. The van der Waals surface area contributed by atoms with Gasteiger partial charge in [0, 0.05) is 17.5 Å². The van der Waals surface area contributed by atoms with E-state index in [1.165, 1.54) is 16.9 Å². The maximum Gasteiger partial charge on any atom is 0.232 e. The first-order valence-corrected chi connectivity index (χ1v) is 7.63. The van der Waals surface area contributed by atoms with Crippen molar-refractivity contribution in [1.82, 2.24) is 4.98 Å². The Morgan fingerprint density at radius 2 is 2.05 bits per heavy atom. The number of pyridine rings is 1. The third kappa shape index (κ3) is 5.55. The summed E-state index contributed by atoms with van der Waals surface area (Å²) in [4.78, 5) is 16.3. The fourth-order valence-electron chi connectivity index (χ4n) is 1.70. The standard InChI is InChI=1S/C15H19N3OS.BrH/c1-11(2)13-10-20-15(16-13)17-14(19)6-9-18-7-4-12(3)5-8-18;/h4-5,7-8,10-11H,6,9H2,1-3H3;1H. The maximum atomic E-state index is 11.9. The van der Waals surface area contributed by atoms with Crippen LogP contribution in [-0.2, 0) is 11.3 Å². The molecule has 0 saturated heterocycles. The molecule has 0 aromatic carbocycles. The SMILES string of the molecule is Cc1cc[n+](CCC(=O)Nc2nc(C(C)C)cs2)cc1.[Br-]. The molecule has 0 spiro atoms. The Hall–Kier alpha value is -1.27. The van der Waals surface area contributed by atoms with Crippen molar-refractivity contribution >= 4 is 22.4 Å². The van der Waals surface area contributed by atoms with Gasteiger partial charge in [0.05, 0.1) is 12.1 Å². The third-order valence-electron chi connectivity index (χ3n) is 3.01. The van der Waals surface area contributed by atoms with E-state index in [0.29, 0.717) is 24.0 Å². The molecule has 21 heavy (non-hydrogen) atoms. The zero-order valence-corrected chi connectivity index (χ0v) is 14.9. The first-order chi connectivity index (χ1) is 9.54. The lowest BCUT2D eigenvalue weighted by molar-refractivity contribution is -0.695. The molecule has 1 N–H and O–H groups in total. The van der Waals surface area contributed by atoms with Gasteiger partial charge in [-0.25, -0.2) is 9.55 Å². The molecule has 0 fully saturated rings. The van der Waals surface area contributed by atoms with E-state index in [0.717, 1.165) is 5.69 Å². The lowest BCUT2D eigenvalue weighted by Crippen LogP contribution is -3.00. The molecule has 1 amide bonds. The first-order valence-electron chi connectivity index (χ1n) is 6.75. The molecule has 2 heterocycles. The average molecular weight is 370 g/mol. The molecule has 2 aromatic rings. The molecule has 0 aliphatic carbocycles. The second-order valence-corrected chi connectivity index (χ2v) is 6.00. The Morgan fingerprint density at radius 3 is 2.62 bits per heavy atom. The minimum atomic E-state index is 0. The van der Waals surface area contributed by atoms with Crippen LogP contribution in [0, 0.1) is 6.92 Å². The molecule has 4 nitrogen and oxygen atoms in total. The second-order valence-electron chi connectivity index (χ2n) is 5.14. The molecule has 0 saturated carbocycles. The van der Waals surface area contributed by atoms with E-state index < -0.39 is 0 Å². The lowest BCUT2D eigenvalue weighted by Gasteiger charge is -2.01. The summed E-state index contributed by atoms with van der Waals surface area (Å²) in [6.07, 6.45) is 4.43. The monoisotopic (exact) mass is 369 g/mol. The van der Waals surface area contributed by atoms with Crippen molar-refractivity contribution < 1.29 is 26.3 Å². The average Bonchev–Trinajstić information content (AvgIpc) is 2.87. The van der Waals surface area contributed by atoms with Crippen LogP contribution in [0.5, 0.6) is 0 Å². The number of carbonyl (C=O) groups is 1. The fourth-order valence-corrected chi connectivity index (χ4v) is 2.59. The quantitative estimate of drug-likeness (QED) is 0.747. The van der Waals surface area contributed by atoms with Crippen LogP contribution in [0.1, 0.15) is 37.4 Å². The van der Waals surface area contributed by atoms with E-state index in [4.69, 9.17) is 0 Å². The summed E-state index contributed by atoms with van der Waals surface area (Å²) in [7, 11) is 0. The highest BCUT2D eigenvalue weighted by molar-refractivity contribution is 7.13. The Labute approximate surface area is 140 Å². The van der Waals surface area contributed by atoms with Gasteiger partial charge in [0.15, 0.2) is 24.1 Å². The number of carbonyl (C=O) groups excluding carboxylic acids is 1. The Balaban J connectivity index is 0.00000220. The molecular formula is C15H20BrN3OS. The molecular weight excluding hydrogens is 350 g/mol. The van der Waals surface area contributed by atoms with Crippen LogP contribution >= 0.6 is 11.3 Å². The molecule has 2 rings (SSSR count). The van der Waals surface area contributed by atoms with Gasteiger partial charge >= 0.3 is 0 Å². The summed E-state index contributed by atoms with van der Waals surface area (Å²) >= 11 is 1.48. The van der Waals surface area contributed by atoms with Crippen LogP contribution in [0.25, 0.3) is 0 Å². The summed E-state index contributed by atoms with van der Waals surface area (Å²) in [5, 5.41) is 5.54. The van der Waals surface area contributed by atoms with Crippen LogP contribution in [0.4, 0.5) is 5.13 Å². The smallest absolute Gasteiger partial charge is 0.232 e. The van der Waals surface area contributed by atoms with E-state index in [2.05, 4.69) is 24.1 Å². The maximum absolute atomic E-state index is 11.9. The van der Waals surface area contributed by atoms with Crippen LogP contribution in [0.3, 0.4) is 0 Å². The van der Waals surface area contributed by atoms with Crippen molar-refractivity contribution in [3.63, 3.8) is 0 Å². The van der Waals surface area contributed by atoms with Crippen molar-refractivity contribution in [3.05, 3.63) is 41.2 Å². The molecule has 6 heteroatoms. The predicted molar refractivity (Wildman–Crippen MR) is 80.8 cm³/mol. The highest BCUT2D eigenvalue weighted by Gasteiger charge is 2.10. The van der Waals surface area contributed by atoms with Crippen LogP contribution < -0.4 is 26.9 Å². The van der Waals surface area contributed by atoms with Crippen molar-refractivity contribution in [2.45, 2.75) is 39.7 Å². The zero-order valence-electron chi connectivity index (χ0n) is 12.5. The van der Waals surface area contributed by atoms with Gasteiger partial charge in [-0.05, 0) is 18.4 Å². The van der Waals surface area contributed by atoms with Crippen molar-refractivity contribution in [1.29, 1.82) is 0 Å². The van der Waals surface area contributed by atoms with Gasteiger partial charge in [0.25, 0.3) is 0 Å². The van der Waals surface area contributed by atoms with Crippen LogP contribution in [-0.4, -0.2) is 10.9 Å². The van der Waals surface area contributed by atoms with Gasteiger partial charge in [-0.1, -0.05) is 13.8 Å². The van der Waals surface area contributed by atoms with E-state index in [9.17, 15) is 4.79 Å². The third-order valence-corrected chi connectivity index (χ3v) is 3.79. The van der Waals surface area contributed by atoms with Crippen molar-refractivity contribution in [3.8, 4) is 0 Å². The Bertz CT molecular complexity index is 581. The van der Waals surface area contributed by atoms with E-state index in [1.54, 1.807) is 0 Å². The number of thiazole rings is 1. The largest absolute Gasteiger partial charge is 1.00 e. The predicted octanol–water partition coefficient (Wildman–Crippen LogP) is -0.105. The number of nitrogens with zero attached hydrogens (tertiary/aromatic N) is 2. The molecule has 0 aliphatic rings. The number of hydrogen-bond donors (Lipinski definition) is 1. The molecule has 2 aromatic heterocycles. The normalized spacial score (nSPS) is 10.3. The van der Waals surface area contributed by atoms with Gasteiger partial charge in [0.2, 0.25) is 5.91 Å². The van der Waals surface area contributed by atoms with Gasteiger partial charge < -0.3 is 22.3 Å². The second kappa shape index (κ2) is 8.24. The summed E-state index contributed by atoms with van der Waals surface area (Å²) in [6, 6.07) is 4.07. The fraction of sp³-hybridized carbons (Fsp3) is 0.400. The summed E-state index contributed by atoms with van der Waals surface area (Å²) in [6.45, 7) is 6.91. The zero-order chi connectivity index (χ0) is 14.5. The Kier molecular flexibility index (Phi) is 6.98. The molecule has 114 valence electrons. The van der Waals surface area contributed by atoms with E-state index >= 15 is 0 Å². The molecule has 0 bridgehead atoms. The number of nitrogens with one attached hydrogen (secondary N) is 1. The summed E-state index contributed by atoms with van der Waals surface area (Å²) in [5.74, 6) is 0.391. The molecule has 0 unspecified atom stereocenters. The van der Waals surface area contributed by atoms with E-state index in [1.807, 2.05) is 41.4 Å². The number of aromatic nitrogens is 2. The summed E-state index contributed by atoms with van der Waals surface area (Å²) in [5.41, 5.74) is 2.24. The topological polar surface area (TPSA) is 45.9 Å². The minimum absolute atomic E-state index is 0. The van der Waals surface area contributed by atoms with Gasteiger partial charge in [-0.3, -0.25) is 4.79 Å². The highest BCUT2D eigenvalue weighted by Crippen LogP contribution is 2.21. The first kappa shape index (κ1) is 17.8. The number of halogens is 1. The van der Waals surface area contributed by atoms with Gasteiger partial charge in [0.1, 0.15) is 0 Å².